The van der Waals surface area contributed by atoms with Gasteiger partial charge in [-0.3, -0.25) is 4.79 Å². The second-order valence-electron chi connectivity index (χ2n) is 5.17. The Morgan fingerprint density at radius 3 is 2.96 bits per heavy atom. The van der Waals surface area contributed by atoms with Gasteiger partial charge in [-0.1, -0.05) is 12.1 Å². The zero-order chi connectivity index (χ0) is 15.8. The summed E-state index contributed by atoms with van der Waals surface area (Å²) in [4.78, 5) is 13.9. The fourth-order valence-electron chi connectivity index (χ4n) is 2.63. The Kier molecular flexibility index (Phi) is 3.11. The Morgan fingerprint density at radius 1 is 1.22 bits per heavy atom. The summed E-state index contributed by atoms with van der Waals surface area (Å²) in [5.41, 5.74) is 0.812. The monoisotopic (exact) mass is 313 g/mol. The quantitative estimate of drug-likeness (QED) is 0.772. The molecule has 0 spiro atoms. The third kappa shape index (κ3) is 2.35. The third-order valence-corrected chi connectivity index (χ3v) is 3.74. The van der Waals surface area contributed by atoms with Gasteiger partial charge in [-0.05, 0) is 41.1 Å². The van der Waals surface area contributed by atoms with Crippen molar-refractivity contribution in [3.63, 3.8) is 0 Å². The molecule has 0 unspecified atom stereocenters. The largest absolute Gasteiger partial charge is 0.357 e. The normalized spacial score (nSPS) is 17.9. The van der Waals surface area contributed by atoms with Crippen LogP contribution in [0.3, 0.4) is 0 Å². The van der Waals surface area contributed by atoms with Gasteiger partial charge in [-0.25, -0.2) is 4.39 Å². The molecule has 23 heavy (non-hydrogen) atoms. The molecular weight excluding hydrogens is 301 g/mol. The van der Waals surface area contributed by atoms with Crippen molar-refractivity contribution in [2.24, 2.45) is 0 Å². The van der Waals surface area contributed by atoms with Crippen LogP contribution in [0, 0.1) is 5.82 Å². The lowest BCUT2D eigenvalue weighted by molar-refractivity contribution is -0.117. The first kappa shape index (κ1) is 13.6. The van der Waals surface area contributed by atoms with E-state index in [9.17, 15) is 9.18 Å². The molecule has 8 nitrogen and oxygen atoms in total. The van der Waals surface area contributed by atoms with E-state index in [-0.39, 0.29) is 5.91 Å². The van der Waals surface area contributed by atoms with Crippen LogP contribution in [0.5, 0.6) is 0 Å². The molecule has 1 atom stereocenters. The molecule has 0 saturated carbocycles. The second kappa shape index (κ2) is 5.27. The molecule has 1 aromatic carbocycles. The number of hydrogen-bond donors (Lipinski definition) is 1. The standard InChI is InChI=1S/C14H12FN7O/c15-9-3-1-2-4-11(9)21-8-7-10(14(21)23)16-12-5-6-13-17-19-20-22(13)18-12/h1-6,10H,7-8H2,(H,16,18)/t10-/m0/s1. The Morgan fingerprint density at radius 2 is 2.09 bits per heavy atom. The van der Waals surface area contributed by atoms with Gasteiger partial charge in [-0.15, -0.1) is 14.8 Å². The van der Waals surface area contributed by atoms with E-state index in [0.717, 1.165) is 0 Å². The van der Waals surface area contributed by atoms with E-state index in [0.29, 0.717) is 30.1 Å². The fourth-order valence-corrected chi connectivity index (χ4v) is 2.63. The molecule has 0 radical (unpaired) electrons. The number of amides is 1. The highest BCUT2D eigenvalue weighted by Crippen LogP contribution is 2.25. The molecule has 1 fully saturated rings. The predicted octanol–water partition coefficient (Wildman–Crippen LogP) is 0.876. The molecule has 0 bridgehead atoms. The Hall–Kier alpha value is -3.10. The van der Waals surface area contributed by atoms with Crippen LogP contribution in [0.1, 0.15) is 6.42 Å². The highest BCUT2D eigenvalue weighted by Gasteiger charge is 2.33. The van der Waals surface area contributed by atoms with Crippen molar-refractivity contribution >= 4 is 23.1 Å². The van der Waals surface area contributed by atoms with Crippen molar-refractivity contribution in [3.8, 4) is 0 Å². The van der Waals surface area contributed by atoms with E-state index in [4.69, 9.17) is 0 Å². The van der Waals surface area contributed by atoms with E-state index in [1.807, 2.05) is 0 Å². The number of aromatic nitrogens is 5. The lowest BCUT2D eigenvalue weighted by atomic mass is 10.2. The average molecular weight is 313 g/mol. The Labute approximate surface area is 129 Å². The van der Waals surface area contributed by atoms with Gasteiger partial charge in [0.25, 0.3) is 0 Å². The lowest BCUT2D eigenvalue weighted by Gasteiger charge is -2.17. The summed E-state index contributed by atoms with van der Waals surface area (Å²) in [7, 11) is 0. The number of rotatable bonds is 3. The number of nitrogens with one attached hydrogen (secondary N) is 1. The lowest BCUT2D eigenvalue weighted by Crippen LogP contribution is -2.34. The first-order chi connectivity index (χ1) is 11.2. The number of hydrogen-bond acceptors (Lipinski definition) is 6. The first-order valence-electron chi connectivity index (χ1n) is 7.10. The summed E-state index contributed by atoms with van der Waals surface area (Å²) in [6.45, 7) is 0.449. The van der Waals surface area contributed by atoms with Gasteiger partial charge in [0.05, 0.1) is 5.69 Å². The molecule has 1 amide bonds. The Balaban J connectivity index is 1.54. The number of nitrogens with zero attached hydrogens (tertiary/aromatic N) is 6. The van der Waals surface area contributed by atoms with Crippen LogP contribution in [0.25, 0.3) is 5.65 Å². The van der Waals surface area contributed by atoms with E-state index in [1.54, 1.807) is 30.3 Å². The smallest absolute Gasteiger partial charge is 0.249 e. The van der Waals surface area contributed by atoms with Crippen LogP contribution in [-0.4, -0.2) is 43.7 Å². The van der Waals surface area contributed by atoms with Gasteiger partial charge >= 0.3 is 0 Å². The maximum absolute atomic E-state index is 13.9. The molecule has 1 N–H and O–H groups in total. The molecular formula is C14H12FN7O. The van der Waals surface area contributed by atoms with Gasteiger partial charge in [0.15, 0.2) is 5.65 Å². The maximum atomic E-state index is 13.9. The van der Waals surface area contributed by atoms with Crippen molar-refractivity contribution in [1.82, 2.24) is 25.3 Å². The zero-order valence-electron chi connectivity index (χ0n) is 11.9. The molecule has 3 aromatic rings. The van der Waals surface area contributed by atoms with Crippen molar-refractivity contribution in [2.75, 3.05) is 16.8 Å². The first-order valence-corrected chi connectivity index (χ1v) is 7.10. The molecule has 116 valence electrons. The summed E-state index contributed by atoms with van der Waals surface area (Å²) in [5, 5.41) is 18.2. The zero-order valence-corrected chi connectivity index (χ0v) is 11.9. The van der Waals surface area contributed by atoms with E-state index in [2.05, 4.69) is 25.9 Å². The Bertz CT molecular complexity index is 880. The minimum absolute atomic E-state index is 0.186. The van der Waals surface area contributed by atoms with Crippen LogP contribution in [-0.2, 0) is 4.79 Å². The van der Waals surface area contributed by atoms with Crippen molar-refractivity contribution in [1.29, 1.82) is 0 Å². The van der Waals surface area contributed by atoms with Crippen molar-refractivity contribution in [3.05, 3.63) is 42.2 Å². The topological polar surface area (TPSA) is 88.3 Å². The SMILES string of the molecule is O=C1[C@@H](Nc2ccc3nnnn3n2)CCN1c1ccccc1F. The number of carbonyl (C=O) groups excluding carboxylic acids is 1. The summed E-state index contributed by atoms with van der Waals surface area (Å²) in [6.07, 6.45) is 0.558. The van der Waals surface area contributed by atoms with Gasteiger partial charge in [-0.2, -0.15) is 0 Å². The maximum Gasteiger partial charge on any atom is 0.249 e. The number of carbonyl (C=O) groups is 1. The minimum Gasteiger partial charge on any atom is -0.357 e. The van der Waals surface area contributed by atoms with Crippen LogP contribution >= 0.6 is 0 Å². The molecule has 1 saturated heterocycles. The van der Waals surface area contributed by atoms with Gasteiger partial charge in [0.2, 0.25) is 5.91 Å². The van der Waals surface area contributed by atoms with E-state index >= 15 is 0 Å². The molecule has 4 rings (SSSR count). The molecule has 2 aromatic heterocycles. The molecule has 9 heteroatoms. The highest BCUT2D eigenvalue weighted by molar-refractivity contribution is 6.01. The van der Waals surface area contributed by atoms with Crippen molar-refractivity contribution in [2.45, 2.75) is 12.5 Å². The van der Waals surface area contributed by atoms with Gasteiger partial charge in [0, 0.05) is 6.54 Å². The van der Waals surface area contributed by atoms with Gasteiger partial charge < -0.3 is 10.2 Å². The van der Waals surface area contributed by atoms with Crippen LogP contribution < -0.4 is 10.2 Å². The summed E-state index contributed by atoms with van der Waals surface area (Å²) < 4.78 is 15.1. The molecule has 0 aliphatic carbocycles. The summed E-state index contributed by atoms with van der Waals surface area (Å²) in [5.74, 6) is -0.109. The minimum atomic E-state index is -0.462. The number of anilines is 2. The summed E-state index contributed by atoms with van der Waals surface area (Å²) >= 11 is 0. The highest BCUT2D eigenvalue weighted by atomic mass is 19.1. The molecule has 3 heterocycles. The number of benzene rings is 1. The number of tetrazole rings is 1. The second-order valence-corrected chi connectivity index (χ2v) is 5.17. The van der Waals surface area contributed by atoms with Crippen LogP contribution in [0.15, 0.2) is 36.4 Å². The summed E-state index contributed by atoms with van der Waals surface area (Å²) in [6, 6.07) is 9.18. The van der Waals surface area contributed by atoms with Crippen LogP contribution in [0.2, 0.25) is 0 Å². The number of fused-ring (bicyclic) bond motifs is 1. The molecule has 1 aliphatic rings. The van der Waals surface area contributed by atoms with Gasteiger partial charge in [0.1, 0.15) is 17.7 Å². The number of halogens is 1. The van der Waals surface area contributed by atoms with Crippen molar-refractivity contribution < 1.29 is 9.18 Å². The average Bonchev–Trinajstić information content (AvgIpc) is 3.15. The van der Waals surface area contributed by atoms with Crippen LogP contribution in [0.4, 0.5) is 15.9 Å². The van der Waals surface area contributed by atoms with E-state index < -0.39 is 11.9 Å². The number of para-hydroxylation sites is 1. The predicted molar refractivity (Wildman–Crippen MR) is 79.4 cm³/mol. The van der Waals surface area contributed by atoms with E-state index in [1.165, 1.54) is 15.6 Å². The fraction of sp³-hybridized carbons (Fsp3) is 0.214. The third-order valence-electron chi connectivity index (χ3n) is 3.74. The molecule has 1 aliphatic heterocycles.